The van der Waals surface area contributed by atoms with E-state index in [0.717, 1.165) is 72.6 Å². The number of benzene rings is 1. The van der Waals surface area contributed by atoms with Crippen molar-refractivity contribution in [3.05, 3.63) is 83.9 Å². The van der Waals surface area contributed by atoms with Gasteiger partial charge in [0.15, 0.2) is 5.65 Å². The van der Waals surface area contributed by atoms with Gasteiger partial charge in [-0.25, -0.2) is 14.6 Å². The average Bonchev–Trinajstić information content (AvgIpc) is 3.55. The van der Waals surface area contributed by atoms with Gasteiger partial charge in [-0.2, -0.15) is 5.10 Å². The highest BCUT2D eigenvalue weighted by Crippen LogP contribution is 2.29. The largest absolute Gasteiger partial charge is 0.460 e. The molecule has 204 valence electrons. The third kappa shape index (κ3) is 7.30. The second-order valence-electron chi connectivity index (χ2n) is 11.8. The van der Waals surface area contributed by atoms with Crippen molar-refractivity contribution in [3.63, 3.8) is 0 Å². The van der Waals surface area contributed by atoms with Crippen LogP contribution < -0.4 is 0 Å². The lowest BCUT2D eigenvalue weighted by Crippen LogP contribution is -2.30. The Balaban J connectivity index is 1.25. The molecule has 0 N–H and O–H groups in total. The molecule has 0 radical (unpaired) electrons. The third-order valence-electron chi connectivity index (χ3n) is 7.34. The Hall–Kier alpha value is -3.58. The van der Waals surface area contributed by atoms with Gasteiger partial charge in [-0.15, -0.1) is 0 Å². The fraction of sp³-hybridized carbons (Fsp3) is 0.438. The van der Waals surface area contributed by atoms with E-state index in [0.29, 0.717) is 12.3 Å². The number of fused-ring (bicyclic) bond motifs is 1. The quantitative estimate of drug-likeness (QED) is 0.254. The highest BCUT2D eigenvalue weighted by molar-refractivity contribution is 5.74. The lowest BCUT2D eigenvalue weighted by Gasteiger charge is -2.26. The van der Waals surface area contributed by atoms with Crippen LogP contribution in [0.3, 0.4) is 0 Å². The third-order valence-corrected chi connectivity index (χ3v) is 7.34. The summed E-state index contributed by atoms with van der Waals surface area (Å²) in [5, 5.41) is 5.65. The average molecular weight is 526 g/mol. The minimum absolute atomic E-state index is 0.0449. The van der Waals surface area contributed by atoms with E-state index in [1.54, 1.807) is 6.20 Å². The standard InChI is InChI=1S/C32H39N5O2/c1-23-14-18-37(35-23)29-9-5-7-26(19-29)27(20-30(38)39-32(2,3)4)22-36-17-15-24(21-36)10-12-28-13-11-25-8-6-16-33-31(25)34-28/h5-9,11,13-14,16,18-19,24,27H,10,12,15,17,20-22H2,1-4H3. The van der Waals surface area contributed by atoms with Gasteiger partial charge in [0.05, 0.1) is 17.8 Å². The number of hydrogen-bond donors (Lipinski definition) is 0. The van der Waals surface area contributed by atoms with Gasteiger partial charge >= 0.3 is 5.97 Å². The molecule has 0 spiro atoms. The summed E-state index contributed by atoms with van der Waals surface area (Å²) in [5.74, 6) is 0.509. The summed E-state index contributed by atoms with van der Waals surface area (Å²) >= 11 is 0. The van der Waals surface area contributed by atoms with Gasteiger partial charge in [-0.05, 0) is 107 Å². The first-order valence-corrected chi connectivity index (χ1v) is 14.0. The zero-order valence-corrected chi connectivity index (χ0v) is 23.5. The Bertz CT molecular complexity index is 1420. The van der Waals surface area contributed by atoms with Crippen LogP contribution in [0.25, 0.3) is 16.7 Å². The number of likely N-dealkylation sites (tertiary alicyclic amines) is 1. The molecule has 7 nitrogen and oxygen atoms in total. The summed E-state index contributed by atoms with van der Waals surface area (Å²) in [6.45, 7) is 10.7. The van der Waals surface area contributed by atoms with Crippen LogP contribution >= 0.6 is 0 Å². The smallest absolute Gasteiger partial charge is 0.306 e. The molecule has 3 aromatic heterocycles. The Morgan fingerprint density at radius 3 is 2.79 bits per heavy atom. The van der Waals surface area contributed by atoms with Crippen LogP contribution in [-0.4, -0.2) is 55.9 Å². The molecule has 2 unspecified atom stereocenters. The number of nitrogens with zero attached hydrogens (tertiary/aromatic N) is 5. The van der Waals surface area contributed by atoms with Crippen LogP contribution in [0.2, 0.25) is 0 Å². The molecule has 5 rings (SSSR count). The van der Waals surface area contributed by atoms with Gasteiger partial charge in [0, 0.05) is 42.5 Å². The Kier molecular flexibility index (Phi) is 8.07. The van der Waals surface area contributed by atoms with Crippen LogP contribution in [0.4, 0.5) is 0 Å². The molecule has 0 bridgehead atoms. The van der Waals surface area contributed by atoms with E-state index in [4.69, 9.17) is 9.72 Å². The summed E-state index contributed by atoms with van der Waals surface area (Å²) in [6.07, 6.45) is 7.35. The molecule has 2 atom stereocenters. The van der Waals surface area contributed by atoms with Crippen LogP contribution in [0.1, 0.15) is 62.9 Å². The van der Waals surface area contributed by atoms with Crippen molar-refractivity contribution >= 4 is 17.0 Å². The predicted octanol–water partition coefficient (Wildman–Crippen LogP) is 5.89. The molecule has 1 aliphatic rings. The molecule has 4 heterocycles. The first-order valence-electron chi connectivity index (χ1n) is 14.0. The number of aryl methyl sites for hydroxylation is 2. The number of rotatable bonds is 9. The zero-order valence-electron chi connectivity index (χ0n) is 23.5. The molecule has 0 amide bonds. The van der Waals surface area contributed by atoms with Crippen molar-refractivity contribution in [2.75, 3.05) is 19.6 Å². The minimum Gasteiger partial charge on any atom is -0.460 e. The van der Waals surface area contributed by atoms with Gasteiger partial charge in [0.1, 0.15) is 5.60 Å². The van der Waals surface area contributed by atoms with Crippen LogP contribution in [0.5, 0.6) is 0 Å². The molecule has 1 aliphatic heterocycles. The molecule has 4 aromatic rings. The molecule has 0 aliphatic carbocycles. The summed E-state index contributed by atoms with van der Waals surface area (Å²) in [5.41, 5.74) is 4.55. The number of carbonyl (C=O) groups is 1. The van der Waals surface area contributed by atoms with E-state index >= 15 is 0 Å². The Morgan fingerprint density at radius 2 is 2.00 bits per heavy atom. The lowest BCUT2D eigenvalue weighted by molar-refractivity contribution is -0.155. The van der Waals surface area contributed by atoms with E-state index in [2.05, 4.69) is 51.4 Å². The van der Waals surface area contributed by atoms with Crippen LogP contribution in [0.15, 0.2) is 67.0 Å². The zero-order chi connectivity index (χ0) is 27.4. The molecule has 39 heavy (non-hydrogen) atoms. The fourth-order valence-electron chi connectivity index (χ4n) is 5.46. The van der Waals surface area contributed by atoms with E-state index in [9.17, 15) is 4.79 Å². The van der Waals surface area contributed by atoms with Crippen molar-refractivity contribution in [1.29, 1.82) is 0 Å². The van der Waals surface area contributed by atoms with Gasteiger partial charge < -0.3 is 9.64 Å². The molecule has 0 saturated carbocycles. The predicted molar refractivity (Wildman–Crippen MR) is 154 cm³/mol. The van der Waals surface area contributed by atoms with Crippen molar-refractivity contribution in [2.24, 2.45) is 5.92 Å². The Labute approximate surface area is 231 Å². The van der Waals surface area contributed by atoms with E-state index in [1.165, 1.54) is 0 Å². The summed E-state index contributed by atoms with van der Waals surface area (Å²) in [6, 6.07) is 18.6. The fourth-order valence-corrected chi connectivity index (χ4v) is 5.46. The molecular formula is C32H39N5O2. The van der Waals surface area contributed by atoms with Gasteiger partial charge in [-0.1, -0.05) is 12.1 Å². The van der Waals surface area contributed by atoms with E-state index < -0.39 is 5.60 Å². The highest BCUT2D eigenvalue weighted by Gasteiger charge is 2.28. The van der Waals surface area contributed by atoms with Crippen LogP contribution in [-0.2, 0) is 16.0 Å². The summed E-state index contributed by atoms with van der Waals surface area (Å²) in [4.78, 5) is 24.6. The Morgan fingerprint density at radius 1 is 1.13 bits per heavy atom. The molecule has 7 heteroatoms. The molecule has 1 fully saturated rings. The van der Waals surface area contributed by atoms with Crippen LogP contribution in [0, 0.1) is 12.8 Å². The topological polar surface area (TPSA) is 73.1 Å². The maximum Gasteiger partial charge on any atom is 0.306 e. The molecular weight excluding hydrogens is 486 g/mol. The summed E-state index contributed by atoms with van der Waals surface area (Å²) in [7, 11) is 0. The van der Waals surface area contributed by atoms with E-state index in [1.807, 2.05) is 56.8 Å². The number of aromatic nitrogens is 4. The van der Waals surface area contributed by atoms with Gasteiger partial charge in [-0.3, -0.25) is 4.79 Å². The van der Waals surface area contributed by atoms with Crippen molar-refractivity contribution < 1.29 is 9.53 Å². The van der Waals surface area contributed by atoms with E-state index in [-0.39, 0.29) is 11.9 Å². The monoisotopic (exact) mass is 525 g/mol. The number of carbonyl (C=O) groups excluding carboxylic acids is 1. The normalized spacial score (nSPS) is 17.0. The number of pyridine rings is 2. The molecule has 1 aromatic carbocycles. The highest BCUT2D eigenvalue weighted by atomic mass is 16.6. The molecule has 1 saturated heterocycles. The summed E-state index contributed by atoms with van der Waals surface area (Å²) < 4.78 is 7.62. The minimum atomic E-state index is -0.499. The van der Waals surface area contributed by atoms with Crippen molar-refractivity contribution in [3.8, 4) is 5.69 Å². The number of hydrogen-bond acceptors (Lipinski definition) is 6. The first-order chi connectivity index (χ1) is 18.7. The SMILES string of the molecule is Cc1ccn(-c2cccc(C(CC(=O)OC(C)(C)C)CN3CCC(CCc4ccc5cccnc5n4)C3)c2)n1. The number of esters is 1. The lowest BCUT2D eigenvalue weighted by atomic mass is 9.94. The second kappa shape index (κ2) is 11.7. The van der Waals surface area contributed by atoms with Crippen molar-refractivity contribution in [1.82, 2.24) is 24.6 Å². The second-order valence-corrected chi connectivity index (χ2v) is 11.8. The first kappa shape index (κ1) is 27.0. The van der Waals surface area contributed by atoms with Crippen molar-refractivity contribution in [2.45, 2.75) is 64.9 Å². The van der Waals surface area contributed by atoms with Gasteiger partial charge in [0.25, 0.3) is 0 Å². The van der Waals surface area contributed by atoms with Gasteiger partial charge in [0.2, 0.25) is 0 Å². The maximum atomic E-state index is 12.9. The maximum absolute atomic E-state index is 12.9. The number of ether oxygens (including phenoxy) is 1.